The molecule has 0 aliphatic carbocycles. The summed E-state index contributed by atoms with van der Waals surface area (Å²) in [5, 5.41) is 12.8. The van der Waals surface area contributed by atoms with Crippen LogP contribution in [0.4, 0.5) is 5.69 Å². The maximum absolute atomic E-state index is 12.0. The van der Waals surface area contributed by atoms with Crippen molar-refractivity contribution in [3.8, 4) is 5.75 Å². The van der Waals surface area contributed by atoms with Crippen LogP contribution in [-0.4, -0.2) is 11.0 Å². The third-order valence-electron chi connectivity index (χ3n) is 2.38. The summed E-state index contributed by atoms with van der Waals surface area (Å²) in [5.41, 5.74) is 0.655. The van der Waals surface area contributed by atoms with E-state index < -0.39 is 5.91 Å². The molecule has 3 nitrogen and oxygen atoms in total. The summed E-state index contributed by atoms with van der Waals surface area (Å²) in [7, 11) is 0. The zero-order valence-corrected chi connectivity index (χ0v) is 13.4. The number of carbonyl (C=O) groups excluding carboxylic acids is 1. The van der Waals surface area contributed by atoms with Gasteiger partial charge in [-0.05, 0) is 36.4 Å². The molecule has 2 rings (SSSR count). The summed E-state index contributed by atoms with van der Waals surface area (Å²) in [6.07, 6.45) is 0. The van der Waals surface area contributed by atoms with Gasteiger partial charge in [0.15, 0.2) is 0 Å². The average Bonchev–Trinajstić information content (AvgIpc) is 2.33. The van der Waals surface area contributed by atoms with Crippen molar-refractivity contribution >= 4 is 55.1 Å². The molecule has 0 saturated heterocycles. The summed E-state index contributed by atoms with van der Waals surface area (Å²) < 4.78 is 1.49. The van der Waals surface area contributed by atoms with E-state index in [1.165, 1.54) is 12.1 Å². The topological polar surface area (TPSA) is 49.3 Å². The van der Waals surface area contributed by atoms with Gasteiger partial charge < -0.3 is 10.4 Å². The van der Waals surface area contributed by atoms with Crippen LogP contribution in [0.5, 0.6) is 5.75 Å². The Hall–Kier alpha value is -1.04. The molecule has 2 aromatic rings. The molecule has 98 valence electrons. The Balaban J connectivity index is 2.28. The molecule has 0 heterocycles. The Labute approximate surface area is 131 Å². The number of halogens is 3. The summed E-state index contributed by atoms with van der Waals surface area (Å²) in [4.78, 5) is 12.0. The average molecular weight is 405 g/mol. The van der Waals surface area contributed by atoms with Crippen LogP contribution in [0.15, 0.2) is 45.3 Å². The maximum atomic E-state index is 12.0. The van der Waals surface area contributed by atoms with Gasteiger partial charge in [0.2, 0.25) is 0 Å². The number of rotatable bonds is 2. The van der Waals surface area contributed by atoms with Crippen LogP contribution >= 0.6 is 43.5 Å². The maximum Gasteiger partial charge on any atom is 0.259 e. The number of hydrogen-bond donors (Lipinski definition) is 2. The summed E-state index contributed by atoms with van der Waals surface area (Å²) in [5.74, 6) is -0.525. The molecule has 0 bridgehead atoms. The highest BCUT2D eigenvalue weighted by molar-refractivity contribution is 9.10. The van der Waals surface area contributed by atoms with E-state index in [-0.39, 0.29) is 11.3 Å². The highest BCUT2D eigenvalue weighted by Crippen LogP contribution is 2.28. The number of benzene rings is 2. The zero-order valence-electron chi connectivity index (χ0n) is 9.45. The van der Waals surface area contributed by atoms with Crippen LogP contribution in [-0.2, 0) is 0 Å². The Morgan fingerprint density at radius 2 is 1.74 bits per heavy atom. The van der Waals surface area contributed by atoms with Crippen molar-refractivity contribution in [3.63, 3.8) is 0 Å². The minimum atomic E-state index is -0.426. The minimum absolute atomic E-state index is 0.0991. The van der Waals surface area contributed by atoms with Gasteiger partial charge in [0, 0.05) is 8.95 Å². The SMILES string of the molecule is O=C(Nc1cc(Br)ccc1Cl)c1ccc(Br)cc1O. The molecule has 0 unspecified atom stereocenters. The second-order valence-electron chi connectivity index (χ2n) is 3.74. The predicted octanol–water partition coefficient (Wildman–Crippen LogP) is 4.82. The molecule has 0 aliphatic heterocycles. The van der Waals surface area contributed by atoms with E-state index in [1.54, 1.807) is 24.3 Å². The fourth-order valence-electron chi connectivity index (χ4n) is 1.48. The monoisotopic (exact) mass is 403 g/mol. The third kappa shape index (κ3) is 3.49. The van der Waals surface area contributed by atoms with Gasteiger partial charge in [0.1, 0.15) is 5.75 Å². The normalized spacial score (nSPS) is 10.3. The van der Waals surface area contributed by atoms with Crippen LogP contribution < -0.4 is 5.32 Å². The molecule has 0 aliphatic rings. The van der Waals surface area contributed by atoms with E-state index >= 15 is 0 Å². The van der Waals surface area contributed by atoms with Crippen molar-refractivity contribution in [2.45, 2.75) is 0 Å². The minimum Gasteiger partial charge on any atom is -0.507 e. The van der Waals surface area contributed by atoms with Gasteiger partial charge in [-0.1, -0.05) is 43.5 Å². The van der Waals surface area contributed by atoms with E-state index in [9.17, 15) is 9.90 Å². The molecule has 0 radical (unpaired) electrons. The highest BCUT2D eigenvalue weighted by Gasteiger charge is 2.13. The summed E-state index contributed by atoms with van der Waals surface area (Å²) >= 11 is 12.5. The lowest BCUT2D eigenvalue weighted by atomic mass is 10.2. The molecule has 6 heteroatoms. The van der Waals surface area contributed by atoms with Crippen LogP contribution in [0.1, 0.15) is 10.4 Å². The Morgan fingerprint density at radius 3 is 2.42 bits per heavy atom. The molecule has 0 aromatic heterocycles. The van der Waals surface area contributed by atoms with Gasteiger partial charge in [0.05, 0.1) is 16.3 Å². The summed E-state index contributed by atoms with van der Waals surface area (Å²) in [6, 6.07) is 9.79. The molecule has 0 atom stereocenters. The van der Waals surface area contributed by atoms with E-state index in [0.29, 0.717) is 15.2 Å². The fourth-order valence-corrected chi connectivity index (χ4v) is 2.35. The number of carbonyl (C=O) groups is 1. The van der Waals surface area contributed by atoms with E-state index in [4.69, 9.17) is 11.6 Å². The van der Waals surface area contributed by atoms with Crippen LogP contribution in [0.3, 0.4) is 0 Å². The van der Waals surface area contributed by atoms with Gasteiger partial charge in [-0.25, -0.2) is 0 Å². The Bertz CT molecular complexity index is 647. The quantitative estimate of drug-likeness (QED) is 0.752. The van der Waals surface area contributed by atoms with Crippen molar-refractivity contribution in [1.82, 2.24) is 0 Å². The first-order valence-corrected chi connectivity index (χ1v) is 7.18. The van der Waals surface area contributed by atoms with E-state index in [2.05, 4.69) is 37.2 Å². The molecule has 19 heavy (non-hydrogen) atoms. The first-order valence-electron chi connectivity index (χ1n) is 5.22. The first-order chi connectivity index (χ1) is 8.97. The van der Waals surface area contributed by atoms with Crippen LogP contribution in [0.2, 0.25) is 5.02 Å². The highest BCUT2D eigenvalue weighted by atomic mass is 79.9. The molecular formula is C13H8Br2ClNO2. The Morgan fingerprint density at radius 1 is 1.11 bits per heavy atom. The predicted molar refractivity (Wildman–Crippen MR) is 82.9 cm³/mol. The first kappa shape index (κ1) is 14.4. The number of phenolic OH excluding ortho intramolecular Hbond substituents is 1. The second-order valence-corrected chi connectivity index (χ2v) is 5.98. The third-order valence-corrected chi connectivity index (χ3v) is 3.70. The van der Waals surface area contributed by atoms with Crippen molar-refractivity contribution in [3.05, 3.63) is 55.9 Å². The van der Waals surface area contributed by atoms with Crippen molar-refractivity contribution in [1.29, 1.82) is 0 Å². The zero-order chi connectivity index (χ0) is 14.0. The molecule has 0 spiro atoms. The summed E-state index contributed by atoms with van der Waals surface area (Å²) in [6.45, 7) is 0. The molecule has 2 aromatic carbocycles. The Kier molecular flexibility index (Phi) is 4.50. The lowest BCUT2D eigenvalue weighted by Crippen LogP contribution is -2.12. The molecule has 0 fully saturated rings. The largest absolute Gasteiger partial charge is 0.507 e. The molecule has 1 amide bonds. The lowest BCUT2D eigenvalue weighted by Gasteiger charge is -2.09. The number of hydrogen-bond acceptors (Lipinski definition) is 2. The van der Waals surface area contributed by atoms with Gasteiger partial charge in [-0.2, -0.15) is 0 Å². The van der Waals surface area contributed by atoms with Crippen LogP contribution in [0.25, 0.3) is 0 Å². The molecular weight excluding hydrogens is 397 g/mol. The van der Waals surface area contributed by atoms with Crippen molar-refractivity contribution < 1.29 is 9.90 Å². The number of aromatic hydroxyl groups is 1. The van der Waals surface area contributed by atoms with Gasteiger partial charge in [0.25, 0.3) is 5.91 Å². The fraction of sp³-hybridized carbons (Fsp3) is 0. The lowest BCUT2D eigenvalue weighted by molar-refractivity contribution is 0.102. The van der Waals surface area contributed by atoms with Gasteiger partial charge in [-0.3, -0.25) is 4.79 Å². The van der Waals surface area contributed by atoms with Gasteiger partial charge in [-0.15, -0.1) is 0 Å². The number of nitrogens with one attached hydrogen (secondary N) is 1. The van der Waals surface area contributed by atoms with Gasteiger partial charge >= 0.3 is 0 Å². The van der Waals surface area contributed by atoms with Crippen molar-refractivity contribution in [2.24, 2.45) is 0 Å². The smallest absolute Gasteiger partial charge is 0.259 e. The number of phenols is 1. The van der Waals surface area contributed by atoms with Crippen molar-refractivity contribution in [2.75, 3.05) is 5.32 Å². The van der Waals surface area contributed by atoms with E-state index in [0.717, 1.165) is 4.47 Å². The number of amides is 1. The molecule has 2 N–H and O–H groups in total. The van der Waals surface area contributed by atoms with E-state index in [1.807, 2.05) is 0 Å². The molecule has 0 saturated carbocycles. The standard InChI is InChI=1S/C13H8Br2ClNO2/c14-7-2-4-10(16)11(5-7)17-13(19)9-3-1-8(15)6-12(9)18/h1-6,18H,(H,17,19). The second kappa shape index (κ2) is 5.94. The van der Waals surface area contributed by atoms with Crippen LogP contribution in [0, 0.1) is 0 Å². The number of anilines is 1.